The molecule has 0 bridgehead atoms. The molecule has 1 amide bonds. The SMILES string of the molecule is CCCC(=O)N1CCN(c2nc(C3CC3)c3c(c2C#N)CC(C)(C)OC3)CC1C(C)C. The van der Waals surface area contributed by atoms with E-state index in [0.29, 0.717) is 37.0 Å². The summed E-state index contributed by atoms with van der Waals surface area (Å²) in [5.74, 6) is 1.92. The minimum Gasteiger partial charge on any atom is -0.370 e. The van der Waals surface area contributed by atoms with Gasteiger partial charge in [0.15, 0.2) is 0 Å². The second-order valence-corrected chi connectivity index (χ2v) is 10.4. The summed E-state index contributed by atoms with van der Waals surface area (Å²) in [5.41, 5.74) is 3.87. The van der Waals surface area contributed by atoms with E-state index in [-0.39, 0.29) is 17.6 Å². The first-order chi connectivity index (χ1) is 14.8. The van der Waals surface area contributed by atoms with Crippen molar-refractivity contribution in [2.24, 2.45) is 5.92 Å². The number of hydrogen-bond acceptors (Lipinski definition) is 5. The van der Waals surface area contributed by atoms with Gasteiger partial charge in [-0.15, -0.1) is 0 Å². The molecular formula is C25H36N4O2. The molecule has 0 radical (unpaired) electrons. The average molecular weight is 425 g/mol. The molecule has 6 nitrogen and oxygen atoms in total. The maximum Gasteiger partial charge on any atom is 0.222 e. The van der Waals surface area contributed by atoms with Crippen LogP contribution in [0, 0.1) is 17.2 Å². The molecular weight excluding hydrogens is 388 g/mol. The molecule has 0 spiro atoms. The van der Waals surface area contributed by atoms with Crippen LogP contribution in [0.25, 0.3) is 0 Å². The van der Waals surface area contributed by atoms with Gasteiger partial charge in [0.25, 0.3) is 0 Å². The summed E-state index contributed by atoms with van der Waals surface area (Å²) >= 11 is 0. The highest BCUT2D eigenvalue weighted by Gasteiger charge is 2.39. The number of anilines is 1. The zero-order valence-electron chi connectivity index (χ0n) is 19.7. The van der Waals surface area contributed by atoms with Crippen LogP contribution in [-0.2, 0) is 22.6 Å². The number of ether oxygens (including phenoxy) is 1. The lowest BCUT2D eigenvalue weighted by Gasteiger charge is -2.44. The van der Waals surface area contributed by atoms with Gasteiger partial charge >= 0.3 is 0 Å². The molecule has 1 aromatic heterocycles. The van der Waals surface area contributed by atoms with Gasteiger partial charge in [-0.3, -0.25) is 4.79 Å². The van der Waals surface area contributed by atoms with Crippen molar-refractivity contribution in [1.82, 2.24) is 9.88 Å². The number of carbonyl (C=O) groups is 1. The molecule has 1 saturated carbocycles. The first-order valence-corrected chi connectivity index (χ1v) is 11.9. The summed E-state index contributed by atoms with van der Waals surface area (Å²) in [6.07, 6.45) is 4.55. The van der Waals surface area contributed by atoms with E-state index in [1.807, 2.05) is 0 Å². The van der Waals surface area contributed by atoms with Gasteiger partial charge in [0.05, 0.1) is 29.5 Å². The van der Waals surface area contributed by atoms with Crippen molar-refractivity contribution in [3.05, 3.63) is 22.4 Å². The Kier molecular flexibility index (Phi) is 6.00. The molecule has 1 aromatic rings. The lowest BCUT2D eigenvalue weighted by molar-refractivity contribution is -0.135. The number of nitrogens with zero attached hydrogens (tertiary/aromatic N) is 4. The maximum atomic E-state index is 12.7. The Balaban J connectivity index is 1.72. The predicted molar refractivity (Wildman–Crippen MR) is 121 cm³/mol. The average Bonchev–Trinajstić information content (AvgIpc) is 3.56. The fourth-order valence-electron chi connectivity index (χ4n) is 5.06. The van der Waals surface area contributed by atoms with Crippen molar-refractivity contribution in [3.8, 4) is 6.07 Å². The molecule has 31 heavy (non-hydrogen) atoms. The van der Waals surface area contributed by atoms with Crippen molar-refractivity contribution in [3.63, 3.8) is 0 Å². The molecule has 0 N–H and O–H groups in total. The molecule has 1 unspecified atom stereocenters. The van der Waals surface area contributed by atoms with Crippen LogP contribution < -0.4 is 4.90 Å². The number of aromatic nitrogens is 1. The fraction of sp³-hybridized carbons (Fsp3) is 0.720. The molecule has 0 aromatic carbocycles. The lowest BCUT2D eigenvalue weighted by atomic mass is 9.87. The van der Waals surface area contributed by atoms with E-state index in [1.54, 1.807) is 0 Å². The Morgan fingerprint density at radius 3 is 2.65 bits per heavy atom. The largest absolute Gasteiger partial charge is 0.370 e. The number of nitriles is 1. The number of carbonyl (C=O) groups excluding carboxylic acids is 1. The van der Waals surface area contributed by atoms with Gasteiger partial charge in [0.2, 0.25) is 5.91 Å². The van der Waals surface area contributed by atoms with E-state index in [4.69, 9.17) is 9.72 Å². The third-order valence-corrected chi connectivity index (χ3v) is 6.98. The first-order valence-electron chi connectivity index (χ1n) is 11.9. The zero-order valence-corrected chi connectivity index (χ0v) is 19.7. The third-order valence-electron chi connectivity index (χ3n) is 6.98. The van der Waals surface area contributed by atoms with E-state index >= 15 is 0 Å². The molecule has 3 aliphatic rings. The number of hydrogen-bond donors (Lipinski definition) is 0. The molecule has 2 fully saturated rings. The van der Waals surface area contributed by atoms with Crippen LogP contribution in [0.1, 0.15) is 88.6 Å². The number of fused-ring (bicyclic) bond motifs is 1. The minimum absolute atomic E-state index is 0.140. The highest BCUT2D eigenvalue weighted by atomic mass is 16.5. The minimum atomic E-state index is -0.274. The van der Waals surface area contributed by atoms with E-state index in [1.165, 1.54) is 12.8 Å². The Bertz CT molecular complexity index is 898. The normalized spacial score (nSPS) is 22.9. The molecule has 2 aliphatic heterocycles. The summed E-state index contributed by atoms with van der Waals surface area (Å²) in [7, 11) is 0. The maximum absolute atomic E-state index is 12.7. The summed E-state index contributed by atoms with van der Waals surface area (Å²) in [6, 6.07) is 2.64. The third kappa shape index (κ3) is 4.30. The van der Waals surface area contributed by atoms with Crippen LogP contribution in [0.5, 0.6) is 0 Å². The quantitative estimate of drug-likeness (QED) is 0.710. The first kappa shape index (κ1) is 22.1. The molecule has 6 heteroatoms. The summed E-state index contributed by atoms with van der Waals surface area (Å²) in [4.78, 5) is 22.2. The molecule has 168 valence electrons. The van der Waals surface area contributed by atoms with Gasteiger partial charge in [-0.05, 0) is 44.6 Å². The molecule has 1 aliphatic carbocycles. The Morgan fingerprint density at radius 2 is 2.03 bits per heavy atom. The lowest BCUT2D eigenvalue weighted by Crippen LogP contribution is -2.57. The van der Waals surface area contributed by atoms with E-state index in [2.05, 4.69) is 50.5 Å². The van der Waals surface area contributed by atoms with E-state index in [9.17, 15) is 10.1 Å². The van der Waals surface area contributed by atoms with Crippen molar-refractivity contribution in [2.45, 2.75) is 90.9 Å². The Labute approximate surface area is 186 Å². The van der Waals surface area contributed by atoms with Crippen LogP contribution in [0.3, 0.4) is 0 Å². The van der Waals surface area contributed by atoms with Crippen molar-refractivity contribution < 1.29 is 9.53 Å². The fourth-order valence-corrected chi connectivity index (χ4v) is 5.06. The van der Waals surface area contributed by atoms with Crippen LogP contribution in [0.4, 0.5) is 5.82 Å². The number of piperazine rings is 1. The smallest absolute Gasteiger partial charge is 0.222 e. The van der Waals surface area contributed by atoms with Gasteiger partial charge in [0.1, 0.15) is 11.9 Å². The van der Waals surface area contributed by atoms with Crippen molar-refractivity contribution >= 4 is 11.7 Å². The second kappa shape index (κ2) is 8.43. The van der Waals surface area contributed by atoms with E-state index in [0.717, 1.165) is 48.6 Å². The molecule has 3 heterocycles. The summed E-state index contributed by atoms with van der Waals surface area (Å²) < 4.78 is 6.10. The van der Waals surface area contributed by atoms with Gasteiger partial charge in [-0.2, -0.15) is 5.26 Å². The number of amides is 1. The van der Waals surface area contributed by atoms with Crippen LogP contribution >= 0.6 is 0 Å². The summed E-state index contributed by atoms with van der Waals surface area (Å²) in [6.45, 7) is 13.3. The monoisotopic (exact) mass is 424 g/mol. The highest BCUT2D eigenvalue weighted by Crippen LogP contribution is 2.46. The Hall–Kier alpha value is -2.13. The van der Waals surface area contributed by atoms with Crippen LogP contribution in [-0.4, -0.2) is 47.1 Å². The van der Waals surface area contributed by atoms with Gasteiger partial charge in [0, 0.05) is 44.0 Å². The molecule has 1 saturated heterocycles. The Morgan fingerprint density at radius 1 is 1.29 bits per heavy atom. The molecule has 1 atom stereocenters. The molecule has 4 rings (SSSR count). The zero-order chi connectivity index (χ0) is 22.3. The van der Waals surface area contributed by atoms with Crippen LogP contribution in [0.2, 0.25) is 0 Å². The van der Waals surface area contributed by atoms with Gasteiger partial charge in [-0.25, -0.2) is 4.98 Å². The number of pyridine rings is 1. The van der Waals surface area contributed by atoms with Crippen molar-refractivity contribution in [2.75, 3.05) is 24.5 Å². The standard InChI is InChI=1S/C25H36N4O2/c1-6-7-22(30)29-11-10-28(14-21(29)16(2)3)24-19(13-26)18-12-25(4,5)31-15-20(18)23(27-24)17-8-9-17/h16-17,21H,6-12,14-15H2,1-5H3. The van der Waals surface area contributed by atoms with Gasteiger partial charge in [-0.1, -0.05) is 20.8 Å². The predicted octanol–water partition coefficient (Wildman–Crippen LogP) is 4.16. The van der Waals surface area contributed by atoms with E-state index < -0.39 is 0 Å². The van der Waals surface area contributed by atoms with Crippen molar-refractivity contribution in [1.29, 1.82) is 5.26 Å². The second-order valence-electron chi connectivity index (χ2n) is 10.4. The summed E-state index contributed by atoms with van der Waals surface area (Å²) in [5, 5.41) is 10.2. The van der Waals surface area contributed by atoms with Gasteiger partial charge < -0.3 is 14.5 Å². The topological polar surface area (TPSA) is 69.5 Å². The van der Waals surface area contributed by atoms with Crippen LogP contribution in [0.15, 0.2) is 0 Å². The highest BCUT2D eigenvalue weighted by molar-refractivity contribution is 5.77. The number of rotatable bonds is 5.